The number of rotatable bonds is 8. The fourth-order valence-corrected chi connectivity index (χ4v) is 2.90. The number of ether oxygens (including phenoxy) is 4. The Labute approximate surface area is 171 Å². The van der Waals surface area contributed by atoms with E-state index in [0.717, 1.165) is 5.56 Å². The zero-order valence-electron chi connectivity index (χ0n) is 16.5. The molecule has 0 amide bonds. The van der Waals surface area contributed by atoms with Crippen LogP contribution in [0, 0.1) is 5.82 Å². The van der Waals surface area contributed by atoms with Crippen LogP contribution in [0.3, 0.4) is 0 Å². The first-order chi connectivity index (χ1) is 14.5. The zero-order chi connectivity index (χ0) is 21.5. The van der Waals surface area contributed by atoms with E-state index in [-0.39, 0.29) is 31.5 Å². The van der Waals surface area contributed by atoms with Gasteiger partial charge in [-0.05, 0) is 23.8 Å². The molecule has 0 atom stereocenters. The van der Waals surface area contributed by atoms with Crippen molar-refractivity contribution in [1.82, 2.24) is 10.6 Å². The Balaban J connectivity index is 1.64. The van der Waals surface area contributed by atoms with Gasteiger partial charge in [-0.2, -0.15) is 8.78 Å². The maximum atomic E-state index is 13.7. The quantitative estimate of drug-likeness (QED) is 0.500. The summed E-state index contributed by atoms with van der Waals surface area (Å²) in [6.45, 7) is -2.26. The molecule has 30 heavy (non-hydrogen) atoms. The Morgan fingerprint density at radius 1 is 1.10 bits per heavy atom. The van der Waals surface area contributed by atoms with E-state index in [0.29, 0.717) is 35.1 Å². The number of methoxy groups -OCH3 is 1. The number of aliphatic imine (C=N–C) groups is 1. The molecule has 0 radical (unpaired) electrons. The summed E-state index contributed by atoms with van der Waals surface area (Å²) in [5.74, 6) is 0.874. The number of nitrogens with one attached hydrogen (secondary N) is 2. The summed E-state index contributed by atoms with van der Waals surface area (Å²) in [5.41, 5.74) is 1.73. The van der Waals surface area contributed by atoms with Gasteiger partial charge in [0.25, 0.3) is 0 Å². The second-order valence-corrected chi connectivity index (χ2v) is 6.33. The fourth-order valence-electron chi connectivity index (χ4n) is 2.90. The molecule has 0 saturated heterocycles. The van der Waals surface area contributed by atoms with Crippen LogP contribution in [0.1, 0.15) is 16.7 Å². The standard InChI is InChI=1S/C20H22F3N3O4/c1-24-20(25-8-12-3-4-15(21)14(5-12)10-27-2)26-9-13-6-17-18(29-11-28-17)7-16(13)30-19(22)23/h3-7,19H,8-11H2,1-2H3,(H2,24,25,26). The highest BCUT2D eigenvalue weighted by Crippen LogP contribution is 2.38. The van der Waals surface area contributed by atoms with Crippen LogP contribution in [-0.2, 0) is 24.4 Å². The average Bonchev–Trinajstić information content (AvgIpc) is 3.17. The third-order valence-electron chi connectivity index (χ3n) is 4.31. The van der Waals surface area contributed by atoms with Gasteiger partial charge < -0.3 is 29.6 Å². The maximum absolute atomic E-state index is 13.7. The Morgan fingerprint density at radius 3 is 2.53 bits per heavy atom. The summed E-state index contributed by atoms with van der Waals surface area (Å²) < 4.78 is 59.3. The number of halogens is 3. The van der Waals surface area contributed by atoms with Crippen LogP contribution in [0.5, 0.6) is 17.2 Å². The van der Waals surface area contributed by atoms with Crippen molar-refractivity contribution in [2.75, 3.05) is 21.0 Å². The molecular weight excluding hydrogens is 403 g/mol. The molecule has 1 heterocycles. The summed E-state index contributed by atoms with van der Waals surface area (Å²) in [6.07, 6.45) is 0. The first-order valence-electron chi connectivity index (χ1n) is 9.08. The van der Waals surface area contributed by atoms with Crippen molar-refractivity contribution in [3.63, 3.8) is 0 Å². The molecule has 0 aromatic heterocycles. The highest BCUT2D eigenvalue weighted by molar-refractivity contribution is 5.79. The van der Waals surface area contributed by atoms with Gasteiger partial charge in [0.2, 0.25) is 6.79 Å². The molecule has 2 aromatic rings. The van der Waals surface area contributed by atoms with Gasteiger partial charge in [0.1, 0.15) is 11.6 Å². The van der Waals surface area contributed by atoms with Crippen molar-refractivity contribution >= 4 is 5.96 Å². The average molecular weight is 425 g/mol. The van der Waals surface area contributed by atoms with Crippen LogP contribution in [0.15, 0.2) is 35.3 Å². The maximum Gasteiger partial charge on any atom is 0.387 e. The van der Waals surface area contributed by atoms with Crippen molar-refractivity contribution in [3.05, 3.63) is 52.8 Å². The molecule has 162 valence electrons. The van der Waals surface area contributed by atoms with E-state index in [2.05, 4.69) is 20.4 Å². The zero-order valence-corrected chi connectivity index (χ0v) is 16.5. The Bertz CT molecular complexity index is 909. The van der Waals surface area contributed by atoms with Gasteiger partial charge in [0, 0.05) is 44.4 Å². The summed E-state index contributed by atoms with van der Waals surface area (Å²) in [6, 6.07) is 7.68. The highest BCUT2D eigenvalue weighted by atomic mass is 19.3. The van der Waals surface area contributed by atoms with Crippen molar-refractivity contribution in [2.45, 2.75) is 26.3 Å². The van der Waals surface area contributed by atoms with Crippen LogP contribution in [0.4, 0.5) is 13.2 Å². The molecule has 0 spiro atoms. The van der Waals surface area contributed by atoms with E-state index in [1.807, 2.05) is 0 Å². The van der Waals surface area contributed by atoms with E-state index < -0.39 is 6.61 Å². The van der Waals surface area contributed by atoms with Crippen LogP contribution < -0.4 is 24.8 Å². The highest BCUT2D eigenvalue weighted by Gasteiger charge is 2.20. The molecule has 3 rings (SSSR count). The molecule has 0 aliphatic carbocycles. The third-order valence-corrected chi connectivity index (χ3v) is 4.31. The molecule has 0 bridgehead atoms. The Kier molecular flexibility index (Phi) is 7.23. The second-order valence-electron chi connectivity index (χ2n) is 6.33. The second kappa shape index (κ2) is 10.1. The summed E-state index contributed by atoms with van der Waals surface area (Å²) in [5, 5.41) is 6.12. The molecule has 0 saturated carbocycles. The van der Waals surface area contributed by atoms with E-state index in [4.69, 9.17) is 14.2 Å². The van der Waals surface area contributed by atoms with Crippen molar-refractivity contribution in [2.24, 2.45) is 4.99 Å². The van der Waals surface area contributed by atoms with Gasteiger partial charge in [-0.1, -0.05) is 6.07 Å². The molecule has 2 N–H and O–H groups in total. The van der Waals surface area contributed by atoms with Gasteiger partial charge in [-0.15, -0.1) is 0 Å². The monoisotopic (exact) mass is 425 g/mol. The number of guanidine groups is 1. The van der Waals surface area contributed by atoms with E-state index in [1.165, 1.54) is 19.2 Å². The predicted molar refractivity (Wildman–Crippen MR) is 103 cm³/mol. The Morgan fingerprint density at radius 2 is 1.83 bits per heavy atom. The first-order valence-corrected chi connectivity index (χ1v) is 9.08. The lowest BCUT2D eigenvalue weighted by Gasteiger charge is -2.15. The fraction of sp³-hybridized carbons (Fsp3) is 0.350. The number of nitrogens with zero attached hydrogens (tertiary/aromatic N) is 1. The van der Waals surface area contributed by atoms with E-state index in [1.54, 1.807) is 25.2 Å². The molecule has 1 aliphatic heterocycles. The van der Waals surface area contributed by atoms with E-state index in [9.17, 15) is 13.2 Å². The number of hydrogen-bond acceptors (Lipinski definition) is 5. The van der Waals surface area contributed by atoms with Gasteiger partial charge in [-0.3, -0.25) is 4.99 Å². The topological polar surface area (TPSA) is 73.3 Å². The molecule has 0 fully saturated rings. The first kappa shape index (κ1) is 21.6. The van der Waals surface area contributed by atoms with Gasteiger partial charge >= 0.3 is 6.61 Å². The Hall–Kier alpha value is -3.14. The number of benzene rings is 2. The van der Waals surface area contributed by atoms with Crippen LogP contribution in [0.25, 0.3) is 0 Å². The van der Waals surface area contributed by atoms with Gasteiger partial charge in [0.15, 0.2) is 17.5 Å². The molecule has 2 aromatic carbocycles. The van der Waals surface area contributed by atoms with Crippen molar-refractivity contribution < 1.29 is 32.1 Å². The number of fused-ring (bicyclic) bond motifs is 1. The summed E-state index contributed by atoms with van der Waals surface area (Å²) in [4.78, 5) is 4.11. The van der Waals surface area contributed by atoms with Crippen molar-refractivity contribution in [1.29, 1.82) is 0 Å². The molecule has 7 nitrogen and oxygen atoms in total. The minimum absolute atomic E-state index is 0.0139. The normalized spacial score (nSPS) is 12.9. The van der Waals surface area contributed by atoms with Crippen molar-refractivity contribution in [3.8, 4) is 17.2 Å². The van der Waals surface area contributed by atoms with Gasteiger partial charge in [-0.25, -0.2) is 4.39 Å². The number of hydrogen-bond donors (Lipinski definition) is 2. The van der Waals surface area contributed by atoms with E-state index >= 15 is 0 Å². The molecule has 1 aliphatic rings. The lowest BCUT2D eigenvalue weighted by molar-refractivity contribution is -0.0505. The van der Waals surface area contributed by atoms with Crippen LogP contribution in [0.2, 0.25) is 0 Å². The summed E-state index contributed by atoms with van der Waals surface area (Å²) in [7, 11) is 3.07. The number of alkyl halides is 2. The summed E-state index contributed by atoms with van der Waals surface area (Å²) >= 11 is 0. The SMILES string of the molecule is CN=C(NCc1ccc(F)c(COC)c1)NCc1cc2c(cc1OC(F)F)OCO2. The molecule has 10 heteroatoms. The third kappa shape index (κ3) is 5.47. The lowest BCUT2D eigenvalue weighted by atomic mass is 10.1. The van der Waals surface area contributed by atoms with Gasteiger partial charge in [0.05, 0.1) is 6.61 Å². The molecular formula is C20H22F3N3O4. The van der Waals surface area contributed by atoms with Crippen LogP contribution >= 0.6 is 0 Å². The minimum Gasteiger partial charge on any atom is -0.454 e. The predicted octanol–water partition coefficient (Wildman–Crippen LogP) is 3.17. The smallest absolute Gasteiger partial charge is 0.387 e. The lowest BCUT2D eigenvalue weighted by Crippen LogP contribution is -2.36. The van der Waals surface area contributed by atoms with Crippen LogP contribution in [-0.4, -0.2) is 33.5 Å². The minimum atomic E-state index is -2.97. The largest absolute Gasteiger partial charge is 0.454 e. The molecule has 0 unspecified atom stereocenters.